The highest BCUT2D eigenvalue weighted by Gasteiger charge is 2.09. The minimum Gasteiger partial charge on any atom is -0.491 e. The zero-order chi connectivity index (χ0) is 17.5. The van der Waals surface area contributed by atoms with E-state index in [0.717, 1.165) is 23.5 Å². The molecule has 1 unspecified atom stereocenters. The molecule has 0 bridgehead atoms. The number of benzene rings is 1. The molecule has 1 aromatic heterocycles. The molecule has 2 N–H and O–H groups in total. The predicted molar refractivity (Wildman–Crippen MR) is 97.8 cm³/mol. The Morgan fingerprint density at radius 1 is 1.12 bits per heavy atom. The van der Waals surface area contributed by atoms with E-state index in [1.165, 1.54) is 0 Å². The molecule has 1 atom stereocenters. The third kappa shape index (κ3) is 5.26. The summed E-state index contributed by atoms with van der Waals surface area (Å²) >= 11 is 0. The quantitative estimate of drug-likeness (QED) is 0.794. The van der Waals surface area contributed by atoms with Gasteiger partial charge < -0.3 is 15.4 Å². The molecule has 24 heavy (non-hydrogen) atoms. The summed E-state index contributed by atoms with van der Waals surface area (Å²) in [6, 6.07) is 9.47. The van der Waals surface area contributed by atoms with Crippen LogP contribution in [0.5, 0.6) is 5.75 Å². The Morgan fingerprint density at radius 2 is 1.83 bits per heavy atom. The zero-order valence-electron chi connectivity index (χ0n) is 14.7. The molecule has 0 aliphatic heterocycles. The maximum Gasteiger partial charge on any atom is 0.257 e. The van der Waals surface area contributed by atoms with Crippen LogP contribution in [0.4, 0.5) is 11.4 Å². The van der Waals surface area contributed by atoms with E-state index in [0.29, 0.717) is 11.6 Å². The summed E-state index contributed by atoms with van der Waals surface area (Å²) in [6.07, 6.45) is 4.41. The molecule has 0 radical (unpaired) electrons. The van der Waals surface area contributed by atoms with Crippen molar-refractivity contribution in [1.29, 1.82) is 0 Å². The molecule has 2 aromatic rings. The van der Waals surface area contributed by atoms with Gasteiger partial charge in [-0.2, -0.15) is 0 Å². The van der Waals surface area contributed by atoms with Crippen molar-refractivity contribution >= 4 is 17.3 Å². The van der Waals surface area contributed by atoms with Gasteiger partial charge in [-0.15, -0.1) is 0 Å². The number of nitrogens with zero attached hydrogens (tertiary/aromatic N) is 1. The molecule has 5 heteroatoms. The minimum atomic E-state index is -0.187. The molecule has 2 rings (SSSR count). The van der Waals surface area contributed by atoms with Crippen LogP contribution < -0.4 is 15.4 Å². The molecule has 0 aliphatic carbocycles. The largest absolute Gasteiger partial charge is 0.491 e. The first kappa shape index (κ1) is 17.8. The zero-order valence-corrected chi connectivity index (χ0v) is 14.7. The molecule has 0 fully saturated rings. The van der Waals surface area contributed by atoms with Gasteiger partial charge in [-0.3, -0.25) is 9.78 Å². The van der Waals surface area contributed by atoms with Crippen LogP contribution in [0.25, 0.3) is 0 Å². The van der Waals surface area contributed by atoms with Crippen LogP contribution in [0.15, 0.2) is 42.7 Å². The second-order valence-corrected chi connectivity index (χ2v) is 6.06. The molecular formula is C19H25N3O2. The molecule has 1 heterocycles. The highest BCUT2D eigenvalue weighted by atomic mass is 16.5. The molecular weight excluding hydrogens is 302 g/mol. The number of aromatic nitrogens is 1. The van der Waals surface area contributed by atoms with Crippen LogP contribution in [-0.4, -0.2) is 23.0 Å². The van der Waals surface area contributed by atoms with E-state index in [4.69, 9.17) is 4.74 Å². The number of ether oxygens (including phenoxy) is 1. The van der Waals surface area contributed by atoms with Crippen molar-refractivity contribution in [3.8, 4) is 5.75 Å². The molecule has 0 saturated heterocycles. The second kappa shape index (κ2) is 8.34. The van der Waals surface area contributed by atoms with Crippen molar-refractivity contribution in [3.05, 3.63) is 48.3 Å². The van der Waals surface area contributed by atoms with E-state index in [1.54, 1.807) is 12.4 Å². The highest BCUT2D eigenvalue weighted by molar-refractivity contribution is 6.04. The van der Waals surface area contributed by atoms with Gasteiger partial charge >= 0.3 is 0 Å². The molecule has 0 spiro atoms. The highest BCUT2D eigenvalue weighted by Crippen LogP contribution is 2.18. The van der Waals surface area contributed by atoms with Gasteiger partial charge in [0.2, 0.25) is 0 Å². The van der Waals surface area contributed by atoms with Gasteiger partial charge in [0, 0.05) is 24.1 Å². The molecule has 128 valence electrons. The number of carbonyl (C=O) groups is 1. The summed E-state index contributed by atoms with van der Waals surface area (Å²) in [5.41, 5.74) is 2.08. The van der Waals surface area contributed by atoms with Gasteiger partial charge in [-0.25, -0.2) is 0 Å². The van der Waals surface area contributed by atoms with Crippen molar-refractivity contribution in [3.63, 3.8) is 0 Å². The molecule has 5 nitrogen and oxygen atoms in total. The van der Waals surface area contributed by atoms with E-state index < -0.39 is 0 Å². The van der Waals surface area contributed by atoms with Crippen molar-refractivity contribution in [2.45, 2.75) is 46.3 Å². The Balaban J connectivity index is 2.02. The van der Waals surface area contributed by atoms with E-state index in [1.807, 2.05) is 44.2 Å². The fraction of sp³-hybridized carbons (Fsp3) is 0.368. The lowest BCUT2D eigenvalue weighted by atomic mass is 10.2. The van der Waals surface area contributed by atoms with Crippen molar-refractivity contribution in [1.82, 2.24) is 4.98 Å². The summed E-state index contributed by atoms with van der Waals surface area (Å²) in [5, 5.41) is 6.19. The Morgan fingerprint density at radius 3 is 2.46 bits per heavy atom. The first-order valence-electron chi connectivity index (χ1n) is 8.27. The van der Waals surface area contributed by atoms with E-state index >= 15 is 0 Å². The monoisotopic (exact) mass is 327 g/mol. The fourth-order valence-electron chi connectivity index (χ4n) is 2.12. The smallest absolute Gasteiger partial charge is 0.257 e. The van der Waals surface area contributed by atoms with Gasteiger partial charge in [0.1, 0.15) is 5.75 Å². The van der Waals surface area contributed by atoms with Crippen LogP contribution >= 0.6 is 0 Å². The standard InChI is InChI=1S/C19H25N3O2/c1-5-14(4)21-17-10-15(11-20-12-17)19(23)22-16-6-8-18(9-7-16)24-13(2)3/h6-14,21H,5H2,1-4H3,(H,22,23). The second-order valence-electron chi connectivity index (χ2n) is 6.06. The van der Waals surface area contributed by atoms with Crippen molar-refractivity contribution in [2.75, 3.05) is 10.6 Å². The minimum absolute atomic E-state index is 0.122. The summed E-state index contributed by atoms with van der Waals surface area (Å²) in [7, 11) is 0. The van der Waals surface area contributed by atoms with Gasteiger partial charge in [0.25, 0.3) is 5.91 Å². The third-order valence-electron chi connectivity index (χ3n) is 3.51. The Labute approximate surface area is 143 Å². The lowest BCUT2D eigenvalue weighted by molar-refractivity contribution is 0.102. The number of hydrogen-bond donors (Lipinski definition) is 2. The van der Waals surface area contributed by atoms with Gasteiger partial charge in [0.05, 0.1) is 17.4 Å². The number of hydrogen-bond acceptors (Lipinski definition) is 4. The lowest BCUT2D eigenvalue weighted by Gasteiger charge is -2.13. The Bertz CT molecular complexity index is 669. The van der Waals surface area contributed by atoms with Crippen LogP contribution in [0.2, 0.25) is 0 Å². The number of pyridine rings is 1. The van der Waals surface area contributed by atoms with Crippen LogP contribution in [-0.2, 0) is 0 Å². The Hall–Kier alpha value is -2.56. The van der Waals surface area contributed by atoms with Crippen LogP contribution in [0, 0.1) is 0 Å². The predicted octanol–water partition coefficient (Wildman–Crippen LogP) is 4.33. The SMILES string of the molecule is CCC(C)Nc1cncc(C(=O)Nc2ccc(OC(C)C)cc2)c1. The Kier molecular flexibility index (Phi) is 6.18. The van der Waals surface area contributed by atoms with Crippen LogP contribution in [0.1, 0.15) is 44.5 Å². The lowest BCUT2D eigenvalue weighted by Crippen LogP contribution is -2.16. The van der Waals surface area contributed by atoms with Crippen molar-refractivity contribution in [2.24, 2.45) is 0 Å². The van der Waals surface area contributed by atoms with E-state index in [9.17, 15) is 4.79 Å². The number of rotatable bonds is 7. The summed E-state index contributed by atoms with van der Waals surface area (Å²) in [4.78, 5) is 16.5. The van der Waals surface area contributed by atoms with Gasteiger partial charge in [-0.1, -0.05) is 6.92 Å². The third-order valence-corrected chi connectivity index (χ3v) is 3.51. The number of anilines is 2. The molecule has 0 saturated carbocycles. The first-order valence-corrected chi connectivity index (χ1v) is 8.27. The first-order chi connectivity index (χ1) is 11.5. The fourth-order valence-corrected chi connectivity index (χ4v) is 2.12. The maximum absolute atomic E-state index is 12.4. The molecule has 1 aromatic carbocycles. The number of carbonyl (C=O) groups excluding carboxylic acids is 1. The number of nitrogens with one attached hydrogen (secondary N) is 2. The normalized spacial score (nSPS) is 11.9. The number of amides is 1. The molecule has 0 aliphatic rings. The average Bonchev–Trinajstić information content (AvgIpc) is 2.56. The van der Waals surface area contributed by atoms with Crippen molar-refractivity contribution < 1.29 is 9.53 Å². The van der Waals surface area contributed by atoms with Crippen LogP contribution in [0.3, 0.4) is 0 Å². The average molecular weight is 327 g/mol. The van der Waals surface area contributed by atoms with E-state index in [2.05, 4.69) is 29.5 Å². The summed E-state index contributed by atoms with van der Waals surface area (Å²) in [6.45, 7) is 8.15. The van der Waals surface area contributed by atoms with Gasteiger partial charge in [-0.05, 0) is 57.5 Å². The summed E-state index contributed by atoms with van der Waals surface area (Å²) < 4.78 is 5.59. The topological polar surface area (TPSA) is 63.2 Å². The molecule has 1 amide bonds. The summed E-state index contributed by atoms with van der Waals surface area (Å²) in [5.74, 6) is 0.595. The van der Waals surface area contributed by atoms with E-state index in [-0.39, 0.29) is 12.0 Å². The maximum atomic E-state index is 12.4. The van der Waals surface area contributed by atoms with Gasteiger partial charge in [0.15, 0.2) is 0 Å².